The van der Waals surface area contributed by atoms with Crippen molar-refractivity contribution in [2.75, 3.05) is 0 Å². The molecule has 0 aliphatic rings. The Morgan fingerprint density at radius 3 is 2.27 bits per heavy atom. The monoisotopic (exact) mass is 207 g/mol. The SMILES string of the molecule is CCC(C)NCc1cc(C)c(O)c(C)c1. The van der Waals surface area contributed by atoms with Crippen LogP contribution in [0.15, 0.2) is 12.1 Å². The molecule has 1 aromatic rings. The van der Waals surface area contributed by atoms with Crippen LogP contribution in [0.1, 0.15) is 37.0 Å². The molecule has 2 N–H and O–H groups in total. The third-order valence-electron chi connectivity index (χ3n) is 2.82. The fourth-order valence-electron chi connectivity index (χ4n) is 1.58. The molecule has 0 fully saturated rings. The van der Waals surface area contributed by atoms with E-state index < -0.39 is 0 Å². The molecule has 1 rings (SSSR count). The Hall–Kier alpha value is -1.02. The number of aromatic hydroxyl groups is 1. The first-order valence-electron chi connectivity index (χ1n) is 5.57. The highest BCUT2D eigenvalue weighted by molar-refractivity contribution is 5.42. The summed E-state index contributed by atoms with van der Waals surface area (Å²) in [4.78, 5) is 0. The second kappa shape index (κ2) is 5.17. The van der Waals surface area contributed by atoms with Gasteiger partial charge in [-0.1, -0.05) is 19.1 Å². The van der Waals surface area contributed by atoms with E-state index in [1.54, 1.807) is 0 Å². The Morgan fingerprint density at radius 1 is 1.27 bits per heavy atom. The zero-order chi connectivity index (χ0) is 11.4. The van der Waals surface area contributed by atoms with Crippen LogP contribution in [0.3, 0.4) is 0 Å². The Bertz CT molecular complexity index is 310. The molecule has 0 bridgehead atoms. The lowest BCUT2D eigenvalue weighted by Crippen LogP contribution is -2.24. The first-order chi connectivity index (χ1) is 7.04. The molecule has 2 heteroatoms. The molecule has 1 aromatic carbocycles. The van der Waals surface area contributed by atoms with E-state index >= 15 is 0 Å². The lowest BCUT2D eigenvalue weighted by atomic mass is 10.1. The highest BCUT2D eigenvalue weighted by Crippen LogP contribution is 2.22. The van der Waals surface area contributed by atoms with E-state index in [0.29, 0.717) is 11.8 Å². The smallest absolute Gasteiger partial charge is 0.121 e. The number of benzene rings is 1. The molecular weight excluding hydrogens is 186 g/mol. The molecule has 0 amide bonds. The van der Waals surface area contributed by atoms with Crippen LogP contribution in [0.4, 0.5) is 0 Å². The fraction of sp³-hybridized carbons (Fsp3) is 0.538. The van der Waals surface area contributed by atoms with Crippen molar-refractivity contribution in [2.45, 2.75) is 46.7 Å². The Kier molecular flexibility index (Phi) is 4.15. The van der Waals surface area contributed by atoms with Crippen LogP contribution in [0.5, 0.6) is 5.75 Å². The number of hydrogen-bond donors (Lipinski definition) is 2. The van der Waals surface area contributed by atoms with Crippen LogP contribution < -0.4 is 5.32 Å². The van der Waals surface area contributed by atoms with Gasteiger partial charge >= 0.3 is 0 Å². The summed E-state index contributed by atoms with van der Waals surface area (Å²) in [5.41, 5.74) is 3.15. The Labute approximate surface area is 92.3 Å². The summed E-state index contributed by atoms with van der Waals surface area (Å²) < 4.78 is 0. The van der Waals surface area contributed by atoms with Crippen molar-refractivity contribution < 1.29 is 5.11 Å². The number of hydrogen-bond acceptors (Lipinski definition) is 2. The first-order valence-corrected chi connectivity index (χ1v) is 5.57. The van der Waals surface area contributed by atoms with Gasteiger partial charge in [0, 0.05) is 12.6 Å². The molecule has 0 aromatic heterocycles. The van der Waals surface area contributed by atoms with E-state index in [1.807, 2.05) is 26.0 Å². The van der Waals surface area contributed by atoms with Gasteiger partial charge in [0.25, 0.3) is 0 Å². The molecule has 15 heavy (non-hydrogen) atoms. The van der Waals surface area contributed by atoms with Gasteiger partial charge in [0.05, 0.1) is 0 Å². The number of phenolic OH excluding ortho intramolecular Hbond substituents is 1. The summed E-state index contributed by atoms with van der Waals surface area (Å²) in [7, 11) is 0. The van der Waals surface area contributed by atoms with Gasteiger partial charge in [0.1, 0.15) is 5.75 Å². The minimum absolute atomic E-state index is 0.419. The van der Waals surface area contributed by atoms with Gasteiger partial charge in [0.2, 0.25) is 0 Å². The third kappa shape index (κ3) is 3.24. The summed E-state index contributed by atoms with van der Waals surface area (Å²) >= 11 is 0. The van der Waals surface area contributed by atoms with Crippen molar-refractivity contribution in [2.24, 2.45) is 0 Å². The van der Waals surface area contributed by atoms with Crippen molar-refractivity contribution in [1.29, 1.82) is 0 Å². The van der Waals surface area contributed by atoms with Gasteiger partial charge in [0.15, 0.2) is 0 Å². The molecule has 0 spiro atoms. The number of rotatable bonds is 4. The quantitative estimate of drug-likeness (QED) is 0.795. The first kappa shape index (κ1) is 12.1. The summed E-state index contributed by atoms with van der Waals surface area (Å²) in [6.45, 7) is 9.10. The van der Waals surface area contributed by atoms with Crippen LogP contribution in [0, 0.1) is 13.8 Å². The van der Waals surface area contributed by atoms with Crippen molar-refractivity contribution in [3.8, 4) is 5.75 Å². The summed E-state index contributed by atoms with van der Waals surface area (Å²) in [6, 6.07) is 4.62. The van der Waals surface area contributed by atoms with Crippen LogP contribution in [0.25, 0.3) is 0 Å². The molecule has 0 aliphatic carbocycles. The van der Waals surface area contributed by atoms with Gasteiger partial charge in [-0.15, -0.1) is 0 Å². The predicted molar refractivity (Wildman–Crippen MR) is 64.2 cm³/mol. The van der Waals surface area contributed by atoms with E-state index in [0.717, 1.165) is 24.1 Å². The molecule has 0 aliphatic heterocycles. The summed E-state index contributed by atoms with van der Waals surface area (Å²) in [5.74, 6) is 0.419. The Morgan fingerprint density at radius 2 is 1.80 bits per heavy atom. The van der Waals surface area contributed by atoms with Gasteiger partial charge in [-0.25, -0.2) is 0 Å². The van der Waals surface area contributed by atoms with E-state index in [9.17, 15) is 5.11 Å². The van der Waals surface area contributed by atoms with Gasteiger partial charge < -0.3 is 10.4 Å². The molecular formula is C13H21NO. The second-order valence-electron chi connectivity index (χ2n) is 4.27. The van der Waals surface area contributed by atoms with Crippen LogP contribution >= 0.6 is 0 Å². The lowest BCUT2D eigenvalue weighted by molar-refractivity contribution is 0.466. The van der Waals surface area contributed by atoms with Crippen LogP contribution in [-0.2, 0) is 6.54 Å². The molecule has 0 radical (unpaired) electrons. The van der Waals surface area contributed by atoms with Crippen molar-refractivity contribution in [3.05, 3.63) is 28.8 Å². The largest absolute Gasteiger partial charge is 0.507 e. The van der Waals surface area contributed by atoms with E-state index in [-0.39, 0.29) is 0 Å². The highest BCUT2D eigenvalue weighted by Gasteiger charge is 2.04. The van der Waals surface area contributed by atoms with Gasteiger partial charge in [-0.2, -0.15) is 0 Å². The summed E-state index contributed by atoms with van der Waals surface area (Å²) in [6.07, 6.45) is 1.13. The molecule has 1 unspecified atom stereocenters. The van der Waals surface area contributed by atoms with E-state index in [1.165, 1.54) is 5.56 Å². The highest BCUT2D eigenvalue weighted by atomic mass is 16.3. The normalized spacial score (nSPS) is 12.8. The minimum atomic E-state index is 0.419. The predicted octanol–water partition coefficient (Wildman–Crippen LogP) is 2.90. The van der Waals surface area contributed by atoms with Crippen molar-refractivity contribution in [1.82, 2.24) is 5.32 Å². The zero-order valence-corrected chi connectivity index (χ0v) is 10.1. The van der Waals surface area contributed by atoms with Crippen LogP contribution in [0.2, 0.25) is 0 Å². The van der Waals surface area contributed by atoms with E-state index in [4.69, 9.17) is 0 Å². The average Bonchev–Trinajstić information content (AvgIpc) is 2.22. The number of nitrogens with one attached hydrogen (secondary N) is 1. The van der Waals surface area contributed by atoms with E-state index in [2.05, 4.69) is 19.2 Å². The fourth-order valence-corrected chi connectivity index (χ4v) is 1.58. The molecule has 84 valence electrons. The van der Waals surface area contributed by atoms with Crippen molar-refractivity contribution >= 4 is 0 Å². The topological polar surface area (TPSA) is 32.3 Å². The lowest BCUT2D eigenvalue weighted by Gasteiger charge is -2.13. The molecule has 2 nitrogen and oxygen atoms in total. The number of phenols is 1. The minimum Gasteiger partial charge on any atom is -0.507 e. The third-order valence-corrected chi connectivity index (χ3v) is 2.82. The molecule has 1 atom stereocenters. The molecule has 0 saturated carbocycles. The number of aryl methyl sites for hydroxylation is 2. The maximum atomic E-state index is 9.63. The van der Waals surface area contributed by atoms with Gasteiger partial charge in [-0.3, -0.25) is 0 Å². The maximum absolute atomic E-state index is 9.63. The summed E-state index contributed by atoms with van der Waals surface area (Å²) in [5, 5.41) is 13.1. The van der Waals surface area contributed by atoms with Crippen molar-refractivity contribution in [3.63, 3.8) is 0 Å². The maximum Gasteiger partial charge on any atom is 0.121 e. The van der Waals surface area contributed by atoms with Gasteiger partial charge in [-0.05, 0) is 43.9 Å². The average molecular weight is 207 g/mol. The molecule has 0 heterocycles. The Balaban J connectivity index is 2.70. The second-order valence-corrected chi connectivity index (χ2v) is 4.27. The molecule has 0 saturated heterocycles. The van der Waals surface area contributed by atoms with Crippen LogP contribution in [-0.4, -0.2) is 11.1 Å². The zero-order valence-electron chi connectivity index (χ0n) is 10.1. The standard InChI is InChI=1S/C13H21NO/c1-5-11(4)14-8-12-6-9(2)13(15)10(3)7-12/h6-7,11,14-15H,5,8H2,1-4H3.